The maximum absolute atomic E-state index is 5.91. The predicted molar refractivity (Wildman–Crippen MR) is 144 cm³/mol. The van der Waals surface area contributed by atoms with Crippen LogP contribution in [0.1, 0.15) is 111 Å². The van der Waals surface area contributed by atoms with E-state index in [1.54, 1.807) is 12.4 Å². The van der Waals surface area contributed by atoms with Gasteiger partial charge in [-0.15, -0.1) is 0 Å². The maximum Gasteiger partial charge on any atom is 0.159 e. The van der Waals surface area contributed by atoms with Crippen LogP contribution < -0.4 is 9.47 Å². The van der Waals surface area contributed by atoms with Crippen molar-refractivity contribution in [3.05, 3.63) is 36.7 Å². The van der Waals surface area contributed by atoms with Crippen LogP contribution in [0.15, 0.2) is 36.7 Å². The molecule has 1 unspecified atom stereocenters. The van der Waals surface area contributed by atoms with Crippen molar-refractivity contribution in [2.45, 2.75) is 111 Å². The molecule has 1 atom stereocenters. The summed E-state index contributed by atoms with van der Waals surface area (Å²) >= 11 is 0. The molecule has 34 heavy (non-hydrogen) atoms. The highest BCUT2D eigenvalue weighted by atomic mass is 16.5. The van der Waals surface area contributed by atoms with E-state index in [0.717, 1.165) is 49.0 Å². The van der Waals surface area contributed by atoms with Crippen LogP contribution in [0.3, 0.4) is 0 Å². The molecule has 2 aromatic rings. The number of hydrogen-bond acceptors (Lipinski definition) is 4. The van der Waals surface area contributed by atoms with Crippen molar-refractivity contribution in [1.29, 1.82) is 0 Å². The second kappa shape index (κ2) is 18.3. The Labute approximate surface area is 208 Å². The Morgan fingerprint density at radius 1 is 0.647 bits per heavy atom. The number of aromatic nitrogens is 2. The third-order valence-electron chi connectivity index (χ3n) is 6.56. The first-order chi connectivity index (χ1) is 16.7. The van der Waals surface area contributed by atoms with Crippen LogP contribution in [0.2, 0.25) is 0 Å². The number of nitrogens with zero attached hydrogens (tertiary/aromatic N) is 2. The summed E-state index contributed by atoms with van der Waals surface area (Å²) in [5.74, 6) is 3.21. The SMILES string of the molecule is CCCCCCCCCCCOc1ccc(-c2ncc(OCCCCCC(C)CC)cn2)cc1. The van der Waals surface area contributed by atoms with Gasteiger partial charge in [0.15, 0.2) is 11.6 Å². The van der Waals surface area contributed by atoms with Gasteiger partial charge in [-0.3, -0.25) is 0 Å². The Hall–Kier alpha value is -2.10. The van der Waals surface area contributed by atoms with Crippen molar-refractivity contribution in [2.75, 3.05) is 13.2 Å². The molecule has 0 amide bonds. The quantitative estimate of drug-likeness (QED) is 0.182. The normalized spacial score (nSPS) is 12.0. The Morgan fingerprint density at radius 3 is 1.76 bits per heavy atom. The van der Waals surface area contributed by atoms with E-state index in [4.69, 9.17) is 9.47 Å². The number of ether oxygens (including phenoxy) is 2. The molecule has 1 heterocycles. The number of rotatable bonds is 20. The molecular formula is C30H48N2O2. The van der Waals surface area contributed by atoms with E-state index in [9.17, 15) is 0 Å². The van der Waals surface area contributed by atoms with Crippen LogP contribution in [0.25, 0.3) is 11.4 Å². The minimum atomic E-state index is 0.714. The maximum atomic E-state index is 5.91. The lowest BCUT2D eigenvalue weighted by molar-refractivity contribution is 0.300. The van der Waals surface area contributed by atoms with Gasteiger partial charge in [0.2, 0.25) is 0 Å². The average Bonchev–Trinajstić information content (AvgIpc) is 2.88. The molecule has 0 aliphatic rings. The van der Waals surface area contributed by atoms with E-state index in [2.05, 4.69) is 30.7 Å². The summed E-state index contributed by atoms with van der Waals surface area (Å²) in [5, 5.41) is 0. The molecule has 0 fully saturated rings. The first-order valence-electron chi connectivity index (χ1n) is 13.9. The van der Waals surface area contributed by atoms with Crippen LogP contribution in [0.4, 0.5) is 0 Å². The second-order valence-electron chi connectivity index (χ2n) is 9.65. The number of unbranched alkanes of at least 4 members (excludes halogenated alkanes) is 10. The predicted octanol–water partition coefficient (Wildman–Crippen LogP) is 9.04. The number of hydrogen-bond donors (Lipinski definition) is 0. The van der Waals surface area contributed by atoms with Crippen LogP contribution in [0.5, 0.6) is 11.5 Å². The minimum Gasteiger partial charge on any atom is -0.494 e. The molecule has 0 bridgehead atoms. The highest BCUT2D eigenvalue weighted by Crippen LogP contribution is 2.21. The summed E-state index contributed by atoms with van der Waals surface area (Å²) in [7, 11) is 0. The lowest BCUT2D eigenvalue weighted by Gasteiger charge is -2.09. The van der Waals surface area contributed by atoms with Crippen LogP contribution in [0, 0.1) is 5.92 Å². The second-order valence-corrected chi connectivity index (χ2v) is 9.65. The van der Waals surface area contributed by atoms with E-state index in [1.807, 2.05) is 24.3 Å². The molecule has 4 nitrogen and oxygen atoms in total. The lowest BCUT2D eigenvalue weighted by atomic mass is 10.0. The van der Waals surface area contributed by atoms with E-state index in [0.29, 0.717) is 5.82 Å². The Kier molecular flexibility index (Phi) is 15.1. The van der Waals surface area contributed by atoms with Gasteiger partial charge in [-0.2, -0.15) is 0 Å². The van der Waals surface area contributed by atoms with Crippen LogP contribution in [-0.2, 0) is 0 Å². The lowest BCUT2D eigenvalue weighted by Crippen LogP contribution is -2.00. The largest absolute Gasteiger partial charge is 0.494 e. The van der Waals surface area contributed by atoms with Gasteiger partial charge in [-0.05, 0) is 43.0 Å². The van der Waals surface area contributed by atoms with E-state index in [1.165, 1.54) is 77.0 Å². The van der Waals surface area contributed by atoms with Crippen molar-refractivity contribution in [3.8, 4) is 22.9 Å². The van der Waals surface area contributed by atoms with Gasteiger partial charge >= 0.3 is 0 Å². The third-order valence-corrected chi connectivity index (χ3v) is 6.56. The molecule has 0 saturated carbocycles. The monoisotopic (exact) mass is 468 g/mol. The van der Waals surface area contributed by atoms with Gasteiger partial charge in [0, 0.05) is 5.56 Å². The van der Waals surface area contributed by atoms with E-state index >= 15 is 0 Å². The van der Waals surface area contributed by atoms with Gasteiger partial charge in [-0.25, -0.2) is 9.97 Å². The summed E-state index contributed by atoms with van der Waals surface area (Å²) in [6.07, 6.45) is 21.7. The smallest absolute Gasteiger partial charge is 0.159 e. The number of benzene rings is 1. The van der Waals surface area contributed by atoms with Crippen molar-refractivity contribution in [3.63, 3.8) is 0 Å². The topological polar surface area (TPSA) is 44.2 Å². The van der Waals surface area contributed by atoms with Gasteiger partial charge in [-0.1, -0.05) is 97.8 Å². The molecule has 0 aliphatic carbocycles. The molecule has 0 spiro atoms. The first kappa shape index (κ1) is 28.1. The van der Waals surface area contributed by atoms with Gasteiger partial charge < -0.3 is 9.47 Å². The van der Waals surface area contributed by atoms with Crippen molar-refractivity contribution < 1.29 is 9.47 Å². The molecule has 1 aromatic carbocycles. The standard InChI is InChI=1S/C30H48N2O2/c1-4-6-7-8-9-10-11-12-15-22-33-28-20-18-27(19-21-28)30-31-24-29(25-32-30)34-23-16-13-14-17-26(3)5-2/h18-21,24-26H,4-17,22-23H2,1-3H3. The molecule has 2 rings (SSSR count). The fourth-order valence-corrected chi connectivity index (χ4v) is 4.01. The summed E-state index contributed by atoms with van der Waals surface area (Å²) in [6, 6.07) is 8.07. The molecule has 0 aliphatic heterocycles. The molecule has 1 aromatic heterocycles. The third kappa shape index (κ3) is 12.4. The Morgan fingerprint density at radius 2 is 1.18 bits per heavy atom. The minimum absolute atomic E-state index is 0.714. The zero-order valence-electron chi connectivity index (χ0n) is 22.1. The average molecular weight is 469 g/mol. The Bertz CT molecular complexity index is 730. The Balaban J connectivity index is 1.58. The molecule has 4 heteroatoms. The summed E-state index contributed by atoms with van der Waals surface area (Å²) in [4.78, 5) is 8.96. The van der Waals surface area contributed by atoms with Gasteiger partial charge in [0.05, 0.1) is 25.6 Å². The highest BCUT2D eigenvalue weighted by Gasteiger charge is 2.04. The fraction of sp³-hybridized carbons (Fsp3) is 0.667. The van der Waals surface area contributed by atoms with Crippen LogP contribution in [-0.4, -0.2) is 23.2 Å². The van der Waals surface area contributed by atoms with E-state index in [-0.39, 0.29) is 0 Å². The molecule has 190 valence electrons. The molecular weight excluding hydrogens is 420 g/mol. The zero-order chi connectivity index (χ0) is 24.3. The molecule has 0 radical (unpaired) electrons. The molecule has 0 N–H and O–H groups in total. The fourth-order valence-electron chi connectivity index (χ4n) is 4.01. The zero-order valence-corrected chi connectivity index (χ0v) is 22.1. The summed E-state index contributed by atoms with van der Waals surface area (Å²) < 4.78 is 11.7. The van der Waals surface area contributed by atoms with Crippen molar-refractivity contribution in [2.24, 2.45) is 5.92 Å². The summed E-state index contributed by atoms with van der Waals surface area (Å²) in [6.45, 7) is 8.38. The van der Waals surface area contributed by atoms with E-state index < -0.39 is 0 Å². The van der Waals surface area contributed by atoms with Crippen molar-refractivity contribution >= 4 is 0 Å². The molecule has 0 saturated heterocycles. The summed E-state index contributed by atoms with van der Waals surface area (Å²) in [5.41, 5.74) is 0.993. The van der Waals surface area contributed by atoms with Crippen molar-refractivity contribution in [1.82, 2.24) is 9.97 Å². The first-order valence-corrected chi connectivity index (χ1v) is 13.9. The highest BCUT2D eigenvalue weighted by molar-refractivity contribution is 5.56. The van der Waals surface area contributed by atoms with Gasteiger partial charge in [0.25, 0.3) is 0 Å². The van der Waals surface area contributed by atoms with Gasteiger partial charge in [0.1, 0.15) is 5.75 Å². The van der Waals surface area contributed by atoms with Crippen LogP contribution >= 0.6 is 0 Å².